The number of pyridine rings is 1. The molecule has 0 radical (unpaired) electrons. The quantitative estimate of drug-likeness (QED) is 0.667. The molecule has 1 heterocycles. The maximum atomic E-state index is 12.4. The van der Waals surface area contributed by atoms with Gasteiger partial charge in [0.25, 0.3) is 0 Å². The predicted octanol–water partition coefficient (Wildman–Crippen LogP) is 3.36. The zero-order chi connectivity index (χ0) is 15.6. The van der Waals surface area contributed by atoms with Crippen LogP contribution in [0, 0.1) is 11.8 Å². The van der Waals surface area contributed by atoms with E-state index < -0.39 is 11.7 Å². The highest BCUT2D eigenvalue weighted by molar-refractivity contribution is 6.32. The van der Waals surface area contributed by atoms with E-state index in [1.807, 2.05) is 6.92 Å². The topological polar surface area (TPSA) is 51.2 Å². The first-order valence-corrected chi connectivity index (χ1v) is 6.80. The second kappa shape index (κ2) is 6.09. The summed E-state index contributed by atoms with van der Waals surface area (Å²) in [6, 6.07) is 0.800. The number of hydrogen-bond donors (Lipinski definition) is 1. The van der Waals surface area contributed by atoms with Crippen LogP contribution in [0.2, 0.25) is 5.02 Å². The van der Waals surface area contributed by atoms with E-state index in [1.54, 1.807) is 0 Å². The van der Waals surface area contributed by atoms with Crippen LogP contribution in [-0.4, -0.2) is 24.1 Å². The van der Waals surface area contributed by atoms with Crippen molar-refractivity contribution in [1.82, 2.24) is 4.98 Å². The molecule has 0 aromatic carbocycles. The van der Waals surface area contributed by atoms with Crippen LogP contribution in [0.1, 0.15) is 18.9 Å². The third kappa shape index (κ3) is 4.23. The Hall–Kier alpha value is -1.50. The van der Waals surface area contributed by atoms with E-state index in [0.717, 1.165) is 12.5 Å². The minimum Gasteiger partial charge on any atom is -0.464 e. The first kappa shape index (κ1) is 15.9. The number of halogens is 4. The Bertz CT molecular complexity index is 537. The van der Waals surface area contributed by atoms with Crippen molar-refractivity contribution in [3.05, 3.63) is 22.8 Å². The number of rotatable bonds is 5. The second-order valence-electron chi connectivity index (χ2n) is 4.97. The molecular formula is C13H14ClF3N2O2. The van der Waals surface area contributed by atoms with Gasteiger partial charge < -0.3 is 10.1 Å². The predicted molar refractivity (Wildman–Crippen MR) is 71.0 cm³/mol. The van der Waals surface area contributed by atoms with Gasteiger partial charge in [-0.05, 0) is 18.4 Å². The van der Waals surface area contributed by atoms with Gasteiger partial charge in [0.05, 0.1) is 23.0 Å². The molecule has 1 fully saturated rings. The van der Waals surface area contributed by atoms with Crippen LogP contribution >= 0.6 is 11.6 Å². The van der Waals surface area contributed by atoms with Gasteiger partial charge in [-0.25, -0.2) is 4.98 Å². The van der Waals surface area contributed by atoms with E-state index >= 15 is 0 Å². The minimum absolute atomic E-state index is 0.0159. The van der Waals surface area contributed by atoms with Crippen molar-refractivity contribution < 1.29 is 22.7 Å². The van der Waals surface area contributed by atoms with Crippen molar-refractivity contribution in [2.75, 3.05) is 18.5 Å². The summed E-state index contributed by atoms with van der Waals surface area (Å²) in [5.74, 6) is 0.241. The lowest BCUT2D eigenvalue weighted by molar-refractivity contribution is -0.145. The van der Waals surface area contributed by atoms with E-state index in [9.17, 15) is 18.0 Å². The van der Waals surface area contributed by atoms with Gasteiger partial charge in [0, 0.05) is 6.20 Å². The number of anilines is 1. The van der Waals surface area contributed by atoms with Crippen molar-refractivity contribution in [3.8, 4) is 0 Å². The average molecular weight is 323 g/mol. The molecule has 1 N–H and O–H groups in total. The maximum Gasteiger partial charge on any atom is 0.417 e. The molecule has 1 aliphatic rings. The van der Waals surface area contributed by atoms with Gasteiger partial charge in [0.15, 0.2) is 0 Å². The Labute approximate surface area is 124 Å². The van der Waals surface area contributed by atoms with Crippen LogP contribution in [0.3, 0.4) is 0 Å². The summed E-state index contributed by atoms with van der Waals surface area (Å²) in [6.07, 6.45) is -2.93. The van der Waals surface area contributed by atoms with Crippen molar-refractivity contribution in [1.29, 1.82) is 0 Å². The molecule has 1 aliphatic carbocycles. The number of nitrogens with zero attached hydrogens (tertiary/aromatic N) is 1. The van der Waals surface area contributed by atoms with E-state index in [1.165, 1.54) is 0 Å². The molecule has 4 nitrogen and oxygen atoms in total. The number of carbonyl (C=O) groups is 1. The van der Waals surface area contributed by atoms with Crippen LogP contribution in [-0.2, 0) is 15.7 Å². The van der Waals surface area contributed by atoms with Gasteiger partial charge >= 0.3 is 12.1 Å². The fourth-order valence-electron chi connectivity index (χ4n) is 1.80. The zero-order valence-corrected chi connectivity index (χ0v) is 12.0. The largest absolute Gasteiger partial charge is 0.464 e. The first-order chi connectivity index (χ1) is 9.79. The Balaban J connectivity index is 1.79. The molecule has 2 atom stereocenters. The van der Waals surface area contributed by atoms with Gasteiger partial charge in [-0.1, -0.05) is 18.5 Å². The van der Waals surface area contributed by atoms with Crippen LogP contribution in [0.15, 0.2) is 12.3 Å². The second-order valence-corrected chi connectivity index (χ2v) is 5.37. The highest BCUT2D eigenvalue weighted by atomic mass is 35.5. The van der Waals surface area contributed by atoms with Crippen LogP contribution in [0.4, 0.5) is 19.0 Å². The highest BCUT2D eigenvalue weighted by Gasteiger charge is 2.40. The van der Waals surface area contributed by atoms with E-state index in [0.29, 0.717) is 12.1 Å². The van der Waals surface area contributed by atoms with Crippen LogP contribution < -0.4 is 5.32 Å². The summed E-state index contributed by atoms with van der Waals surface area (Å²) in [7, 11) is 0. The molecule has 0 bridgehead atoms. The van der Waals surface area contributed by atoms with Gasteiger partial charge in [-0.3, -0.25) is 4.79 Å². The lowest BCUT2D eigenvalue weighted by atomic mass is 10.3. The number of nitrogens with one attached hydrogen (secondary N) is 1. The third-order valence-electron chi connectivity index (χ3n) is 3.22. The maximum absolute atomic E-state index is 12.4. The van der Waals surface area contributed by atoms with Crippen molar-refractivity contribution in [3.63, 3.8) is 0 Å². The molecule has 0 amide bonds. The average Bonchev–Trinajstić information content (AvgIpc) is 3.12. The lowest BCUT2D eigenvalue weighted by Crippen LogP contribution is -2.16. The van der Waals surface area contributed by atoms with E-state index in [-0.39, 0.29) is 35.9 Å². The molecule has 2 rings (SSSR count). The van der Waals surface area contributed by atoms with Crippen molar-refractivity contribution >= 4 is 23.4 Å². The number of aromatic nitrogens is 1. The van der Waals surface area contributed by atoms with Gasteiger partial charge in [-0.15, -0.1) is 0 Å². The fraction of sp³-hybridized carbons (Fsp3) is 0.538. The van der Waals surface area contributed by atoms with Gasteiger partial charge in [0.2, 0.25) is 0 Å². The molecule has 1 saturated carbocycles. The summed E-state index contributed by atoms with van der Waals surface area (Å²) >= 11 is 5.72. The van der Waals surface area contributed by atoms with Crippen molar-refractivity contribution in [2.45, 2.75) is 19.5 Å². The molecule has 8 heteroatoms. The Morgan fingerprint density at radius 1 is 1.57 bits per heavy atom. The molecular weight excluding hydrogens is 309 g/mol. The monoisotopic (exact) mass is 322 g/mol. The number of alkyl halides is 3. The Morgan fingerprint density at radius 2 is 2.24 bits per heavy atom. The summed E-state index contributed by atoms with van der Waals surface area (Å²) in [5, 5.41) is 2.60. The lowest BCUT2D eigenvalue weighted by Gasteiger charge is -2.11. The van der Waals surface area contributed by atoms with Crippen LogP contribution in [0.5, 0.6) is 0 Å². The summed E-state index contributed by atoms with van der Waals surface area (Å²) in [4.78, 5) is 15.0. The number of hydrogen-bond acceptors (Lipinski definition) is 4. The minimum atomic E-state index is -4.48. The molecule has 1 aromatic rings. The van der Waals surface area contributed by atoms with Crippen molar-refractivity contribution in [2.24, 2.45) is 11.8 Å². The molecule has 0 spiro atoms. The molecule has 0 unspecified atom stereocenters. The van der Waals surface area contributed by atoms with E-state index in [4.69, 9.17) is 16.3 Å². The number of esters is 1. The molecule has 0 saturated heterocycles. The SMILES string of the molecule is C[C@H]1C[C@H]1C(=O)OCCNc1ncc(C(F)(F)F)cc1Cl. The number of carbonyl (C=O) groups excluding carboxylic acids is 1. The molecule has 21 heavy (non-hydrogen) atoms. The highest BCUT2D eigenvalue weighted by Crippen LogP contribution is 2.38. The zero-order valence-electron chi connectivity index (χ0n) is 11.2. The number of ether oxygens (including phenoxy) is 1. The molecule has 0 aliphatic heterocycles. The fourth-order valence-corrected chi connectivity index (χ4v) is 2.03. The summed E-state index contributed by atoms with van der Waals surface area (Å²) in [6.45, 7) is 2.31. The third-order valence-corrected chi connectivity index (χ3v) is 3.51. The van der Waals surface area contributed by atoms with E-state index in [2.05, 4.69) is 10.3 Å². The van der Waals surface area contributed by atoms with Crippen LogP contribution in [0.25, 0.3) is 0 Å². The first-order valence-electron chi connectivity index (χ1n) is 6.42. The van der Waals surface area contributed by atoms with Gasteiger partial charge in [0.1, 0.15) is 12.4 Å². The normalized spacial score (nSPS) is 21.0. The Kier molecular flexibility index (Phi) is 4.61. The molecule has 116 valence electrons. The van der Waals surface area contributed by atoms with Gasteiger partial charge in [-0.2, -0.15) is 13.2 Å². The Morgan fingerprint density at radius 3 is 2.76 bits per heavy atom. The smallest absolute Gasteiger partial charge is 0.417 e. The summed E-state index contributed by atoms with van der Waals surface area (Å²) in [5.41, 5.74) is -0.910. The standard InChI is InChI=1S/C13H14ClF3N2O2/c1-7-4-9(7)12(20)21-3-2-18-11-10(14)5-8(6-19-11)13(15,16)17/h5-7,9H,2-4H2,1H3,(H,18,19)/t7-,9+/m0/s1. The summed E-state index contributed by atoms with van der Waals surface area (Å²) < 4.78 is 42.3. The molecule has 1 aromatic heterocycles.